The Hall–Kier alpha value is -1.90. The van der Waals surface area contributed by atoms with Crippen molar-refractivity contribution in [3.8, 4) is 0 Å². The van der Waals surface area contributed by atoms with Gasteiger partial charge in [-0.1, -0.05) is 6.07 Å². The predicted molar refractivity (Wildman–Crippen MR) is 52.8 cm³/mol. The van der Waals surface area contributed by atoms with Crippen LogP contribution in [0.4, 0.5) is 0 Å². The second-order valence-corrected chi connectivity index (χ2v) is 3.11. The topological polar surface area (TPSA) is 38.5 Å². The van der Waals surface area contributed by atoms with E-state index in [0.717, 1.165) is 11.8 Å². The molecule has 0 fully saturated rings. The lowest BCUT2D eigenvalue weighted by Gasteiger charge is -1.97. The number of aromatic nitrogens is 1. The SMILES string of the molecule is CC(=O)c1cc(C=O)c2ccccn12. The molecule has 0 aliphatic rings. The summed E-state index contributed by atoms with van der Waals surface area (Å²) in [6, 6.07) is 7.10. The molecule has 2 aromatic rings. The van der Waals surface area contributed by atoms with E-state index in [1.54, 1.807) is 16.7 Å². The fourth-order valence-electron chi connectivity index (χ4n) is 1.54. The van der Waals surface area contributed by atoms with Crippen molar-refractivity contribution in [3.63, 3.8) is 0 Å². The molecule has 0 unspecified atom stereocenters. The monoisotopic (exact) mass is 187 g/mol. The van der Waals surface area contributed by atoms with Crippen LogP contribution in [0.2, 0.25) is 0 Å². The Labute approximate surface area is 81.0 Å². The largest absolute Gasteiger partial charge is 0.313 e. The maximum Gasteiger partial charge on any atom is 0.176 e. The number of carbonyl (C=O) groups is 2. The molecule has 0 N–H and O–H groups in total. The Morgan fingerprint density at radius 1 is 1.43 bits per heavy atom. The van der Waals surface area contributed by atoms with Gasteiger partial charge in [0.25, 0.3) is 0 Å². The molecule has 0 aliphatic heterocycles. The highest BCUT2D eigenvalue weighted by Crippen LogP contribution is 2.15. The number of carbonyl (C=O) groups excluding carboxylic acids is 2. The number of hydrogen-bond donors (Lipinski definition) is 0. The molecule has 0 bridgehead atoms. The van der Waals surface area contributed by atoms with Gasteiger partial charge in [-0.15, -0.1) is 0 Å². The first kappa shape index (κ1) is 8.69. The maximum atomic E-state index is 11.3. The summed E-state index contributed by atoms with van der Waals surface area (Å²) < 4.78 is 1.73. The summed E-state index contributed by atoms with van der Waals surface area (Å²) in [6.07, 6.45) is 2.54. The summed E-state index contributed by atoms with van der Waals surface area (Å²) in [5.41, 5.74) is 1.87. The number of Topliss-reactive ketones (excluding diaryl/α,β-unsaturated/α-hetero) is 1. The lowest BCUT2D eigenvalue weighted by molar-refractivity contribution is 0.101. The molecule has 0 amide bonds. The Balaban J connectivity index is 2.86. The van der Waals surface area contributed by atoms with Crippen molar-refractivity contribution in [2.24, 2.45) is 0 Å². The van der Waals surface area contributed by atoms with Crippen LogP contribution in [0.25, 0.3) is 5.52 Å². The van der Waals surface area contributed by atoms with Gasteiger partial charge in [0.05, 0.1) is 11.2 Å². The van der Waals surface area contributed by atoms with E-state index < -0.39 is 0 Å². The fraction of sp³-hybridized carbons (Fsp3) is 0.0909. The van der Waals surface area contributed by atoms with Crippen molar-refractivity contribution in [2.45, 2.75) is 6.92 Å². The van der Waals surface area contributed by atoms with Gasteiger partial charge in [-0.05, 0) is 18.2 Å². The van der Waals surface area contributed by atoms with E-state index >= 15 is 0 Å². The zero-order chi connectivity index (χ0) is 10.1. The molecule has 0 saturated carbocycles. The second-order valence-electron chi connectivity index (χ2n) is 3.11. The molecule has 0 spiro atoms. The molecule has 0 saturated heterocycles. The summed E-state index contributed by atoms with van der Waals surface area (Å²) in [7, 11) is 0. The summed E-state index contributed by atoms with van der Waals surface area (Å²) in [5.74, 6) is -0.0423. The lowest BCUT2D eigenvalue weighted by Crippen LogP contribution is -1.96. The molecular weight excluding hydrogens is 178 g/mol. The van der Waals surface area contributed by atoms with Crippen molar-refractivity contribution in [2.75, 3.05) is 0 Å². The number of nitrogens with zero attached hydrogens (tertiary/aromatic N) is 1. The van der Waals surface area contributed by atoms with Gasteiger partial charge in [0.2, 0.25) is 0 Å². The average molecular weight is 187 g/mol. The van der Waals surface area contributed by atoms with Crippen molar-refractivity contribution < 1.29 is 9.59 Å². The first-order valence-corrected chi connectivity index (χ1v) is 4.30. The maximum absolute atomic E-state index is 11.3. The van der Waals surface area contributed by atoms with Crippen molar-refractivity contribution in [1.82, 2.24) is 4.40 Å². The zero-order valence-electron chi connectivity index (χ0n) is 7.73. The molecule has 70 valence electrons. The molecule has 3 heteroatoms. The summed E-state index contributed by atoms with van der Waals surface area (Å²) in [6.45, 7) is 1.49. The Morgan fingerprint density at radius 3 is 2.86 bits per heavy atom. The molecule has 3 nitrogen and oxygen atoms in total. The molecule has 0 atom stereocenters. The number of rotatable bonds is 2. The summed E-state index contributed by atoms with van der Waals surface area (Å²) in [5, 5.41) is 0. The highest BCUT2D eigenvalue weighted by molar-refractivity contribution is 5.98. The van der Waals surface area contributed by atoms with Gasteiger partial charge in [-0.25, -0.2) is 0 Å². The first-order chi connectivity index (χ1) is 6.74. The molecule has 0 aliphatic carbocycles. The smallest absolute Gasteiger partial charge is 0.176 e. The van der Waals surface area contributed by atoms with Gasteiger partial charge in [-0.2, -0.15) is 0 Å². The number of pyridine rings is 1. The zero-order valence-corrected chi connectivity index (χ0v) is 7.73. The van der Waals surface area contributed by atoms with Crippen LogP contribution in [0.1, 0.15) is 27.8 Å². The van der Waals surface area contributed by atoms with Crippen LogP contribution < -0.4 is 0 Å². The van der Waals surface area contributed by atoms with E-state index in [1.165, 1.54) is 6.92 Å². The predicted octanol–water partition coefficient (Wildman–Crippen LogP) is 1.95. The first-order valence-electron chi connectivity index (χ1n) is 4.30. The van der Waals surface area contributed by atoms with Gasteiger partial charge in [-0.3, -0.25) is 9.59 Å². The van der Waals surface area contributed by atoms with E-state index in [2.05, 4.69) is 0 Å². The molecule has 0 radical (unpaired) electrons. The van der Waals surface area contributed by atoms with Crippen LogP contribution >= 0.6 is 0 Å². The fourth-order valence-corrected chi connectivity index (χ4v) is 1.54. The van der Waals surface area contributed by atoms with Crippen LogP contribution in [-0.2, 0) is 0 Å². The molecule has 14 heavy (non-hydrogen) atoms. The minimum Gasteiger partial charge on any atom is -0.313 e. The normalized spacial score (nSPS) is 10.4. The Kier molecular flexibility index (Phi) is 1.93. The second kappa shape index (κ2) is 3.10. The third-order valence-corrected chi connectivity index (χ3v) is 2.20. The third kappa shape index (κ3) is 1.14. The van der Waals surface area contributed by atoms with Crippen LogP contribution in [0, 0.1) is 0 Å². The van der Waals surface area contributed by atoms with E-state index in [9.17, 15) is 9.59 Å². The van der Waals surface area contributed by atoms with E-state index in [1.807, 2.05) is 18.2 Å². The Bertz CT molecular complexity index is 511. The Morgan fingerprint density at radius 2 is 2.21 bits per heavy atom. The van der Waals surface area contributed by atoms with Crippen LogP contribution in [-0.4, -0.2) is 16.5 Å². The van der Waals surface area contributed by atoms with Crippen molar-refractivity contribution in [3.05, 3.63) is 41.7 Å². The van der Waals surface area contributed by atoms with Crippen LogP contribution in [0.3, 0.4) is 0 Å². The molecule has 0 aromatic carbocycles. The van der Waals surface area contributed by atoms with Crippen LogP contribution in [0.15, 0.2) is 30.5 Å². The molecule has 2 rings (SSSR count). The van der Waals surface area contributed by atoms with Gasteiger partial charge in [0.15, 0.2) is 12.1 Å². The van der Waals surface area contributed by atoms with Crippen LogP contribution in [0.5, 0.6) is 0 Å². The number of hydrogen-bond acceptors (Lipinski definition) is 2. The summed E-state index contributed by atoms with van der Waals surface area (Å²) in [4.78, 5) is 22.0. The highest BCUT2D eigenvalue weighted by atomic mass is 16.1. The lowest BCUT2D eigenvalue weighted by atomic mass is 10.2. The highest BCUT2D eigenvalue weighted by Gasteiger charge is 2.10. The van der Waals surface area contributed by atoms with Gasteiger partial charge >= 0.3 is 0 Å². The number of aldehydes is 1. The number of fused-ring (bicyclic) bond motifs is 1. The number of ketones is 1. The quantitative estimate of drug-likeness (QED) is 0.532. The van der Waals surface area contributed by atoms with Gasteiger partial charge in [0.1, 0.15) is 0 Å². The third-order valence-electron chi connectivity index (χ3n) is 2.20. The van der Waals surface area contributed by atoms with Crippen molar-refractivity contribution in [1.29, 1.82) is 0 Å². The standard InChI is InChI=1S/C11H9NO2/c1-8(14)11-6-9(7-13)10-4-2-3-5-12(10)11/h2-7H,1H3. The minimum absolute atomic E-state index is 0.0423. The van der Waals surface area contributed by atoms with E-state index in [-0.39, 0.29) is 5.78 Å². The summed E-state index contributed by atoms with van der Waals surface area (Å²) >= 11 is 0. The molecular formula is C11H9NO2. The molecule has 2 aromatic heterocycles. The van der Waals surface area contributed by atoms with Gasteiger partial charge in [0, 0.05) is 18.7 Å². The minimum atomic E-state index is -0.0423. The van der Waals surface area contributed by atoms with Crippen molar-refractivity contribution >= 4 is 17.6 Å². The van der Waals surface area contributed by atoms with E-state index in [4.69, 9.17) is 0 Å². The van der Waals surface area contributed by atoms with Gasteiger partial charge < -0.3 is 4.40 Å². The average Bonchev–Trinajstić information content (AvgIpc) is 2.56. The van der Waals surface area contributed by atoms with E-state index in [0.29, 0.717) is 11.3 Å². The molecule has 2 heterocycles.